The molecule has 9 heteroatoms. The van der Waals surface area contributed by atoms with Gasteiger partial charge in [0.1, 0.15) is 0 Å². The maximum absolute atomic E-state index is 12.1. The zero-order chi connectivity index (χ0) is 19.4. The summed E-state index contributed by atoms with van der Waals surface area (Å²) in [5, 5.41) is 8.08. The Balaban J connectivity index is 1.50. The van der Waals surface area contributed by atoms with E-state index >= 15 is 0 Å². The van der Waals surface area contributed by atoms with Crippen LogP contribution in [-0.2, 0) is 14.4 Å². The van der Waals surface area contributed by atoms with Gasteiger partial charge in [0.15, 0.2) is 0 Å². The molecule has 1 aliphatic heterocycles. The number of rotatable bonds is 5. The van der Waals surface area contributed by atoms with Crippen molar-refractivity contribution < 1.29 is 14.4 Å². The number of carbonyl (C=O) groups is 3. The van der Waals surface area contributed by atoms with Crippen molar-refractivity contribution in [3.05, 3.63) is 52.5 Å². The molecule has 0 bridgehead atoms. The molecule has 0 saturated heterocycles. The molecule has 2 aromatic rings. The number of amides is 3. The molecule has 140 valence electrons. The van der Waals surface area contributed by atoms with E-state index in [1.54, 1.807) is 12.1 Å². The van der Waals surface area contributed by atoms with Crippen LogP contribution in [0.4, 0.5) is 11.4 Å². The van der Waals surface area contributed by atoms with E-state index in [-0.39, 0.29) is 18.9 Å². The largest absolute Gasteiger partial charge is 0.347 e. The lowest BCUT2D eigenvalue weighted by Gasteiger charge is -2.23. The topological polar surface area (TPSA) is 87.3 Å². The number of halogens is 2. The summed E-state index contributed by atoms with van der Waals surface area (Å²) in [4.78, 5) is 37.1. The second kappa shape index (κ2) is 8.65. The summed E-state index contributed by atoms with van der Waals surface area (Å²) in [6.45, 7) is -0.239. The van der Waals surface area contributed by atoms with Crippen molar-refractivity contribution in [1.82, 2.24) is 5.32 Å². The summed E-state index contributed by atoms with van der Waals surface area (Å²) in [7, 11) is 0. The summed E-state index contributed by atoms with van der Waals surface area (Å²) < 4.78 is 0. The Morgan fingerprint density at radius 3 is 2.70 bits per heavy atom. The predicted octanol–water partition coefficient (Wildman–Crippen LogP) is 3.55. The van der Waals surface area contributed by atoms with Crippen LogP contribution in [-0.4, -0.2) is 29.5 Å². The minimum absolute atomic E-state index is 0.0317. The fourth-order valence-corrected chi connectivity index (χ4v) is 3.88. The molecule has 3 amide bonds. The van der Waals surface area contributed by atoms with E-state index in [9.17, 15) is 14.4 Å². The molecule has 0 radical (unpaired) electrons. The average Bonchev–Trinajstić information content (AvgIpc) is 2.64. The molecule has 0 unspecified atom stereocenters. The first kappa shape index (κ1) is 19.5. The van der Waals surface area contributed by atoms with Crippen LogP contribution in [0.5, 0.6) is 0 Å². The molecule has 0 fully saturated rings. The fraction of sp³-hybridized carbons (Fsp3) is 0.167. The average molecular weight is 424 g/mol. The quantitative estimate of drug-likeness (QED) is 0.685. The van der Waals surface area contributed by atoms with Crippen LogP contribution in [0.25, 0.3) is 0 Å². The monoisotopic (exact) mass is 423 g/mol. The first-order chi connectivity index (χ1) is 12.9. The molecule has 0 aliphatic carbocycles. The van der Waals surface area contributed by atoms with Gasteiger partial charge in [-0.1, -0.05) is 35.3 Å². The standard InChI is InChI=1S/C18H15Cl2N3O3S/c19-10-5-6-11(20)13(7-10)22-17(25)9-21-16(24)8-15-18(26)23-12-3-1-2-4-14(12)27-15/h1-7,15H,8-9H2,(H,21,24)(H,22,25)(H,23,26)/t15-/m0/s1. The van der Waals surface area contributed by atoms with Gasteiger partial charge in [0.2, 0.25) is 17.7 Å². The Bertz CT molecular complexity index is 907. The Morgan fingerprint density at radius 1 is 1.11 bits per heavy atom. The summed E-state index contributed by atoms with van der Waals surface area (Å²) in [5.74, 6) is -1.07. The molecule has 6 nitrogen and oxygen atoms in total. The lowest BCUT2D eigenvalue weighted by molar-refractivity contribution is -0.125. The van der Waals surface area contributed by atoms with Gasteiger partial charge in [-0.3, -0.25) is 14.4 Å². The van der Waals surface area contributed by atoms with Crippen molar-refractivity contribution in [3.8, 4) is 0 Å². The number of hydrogen-bond acceptors (Lipinski definition) is 4. The highest BCUT2D eigenvalue weighted by Gasteiger charge is 2.28. The van der Waals surface area contributed by atoms with Crippen LogP contribution >= 0.6 is 35.0 Å². The van der Waals surface area contributed by atoms with Crippen molar-refractivity contribution in [3.63, 3.8) is 0 Å². The molecule has 1 atom stereocenters. The highest BCUT2D eigenvalue weighted by atomic mass is 35.5. The van der Waals surface area contributed by atoms with Crippen molar-refractivity contribution in [2.45, 2.75) is 16.6 Å². The Hall–Kier alpha value is -2.22. The second-order valence-electron chi connectivity index (χ2n) is 5.75. The SMILES string of the molecule is O=C(C[C@@H]1Sc2ccccc2NC1=O)NCC(=O)Nc1cc(Cl)ccc1Cl. The third kappa shape index (κ3) is 5.15. The number of fused-ring (bicyclic) bond motifs is 1. The highest BCUT2D eigenvalue weighted by Crippen LogP contribution is 2.36. The van der Waals surface area contributed by atoms with E-state index in [0.717, 1.165) is 10.6 Å². The van der Waals surface area contributed by atoms with Crippen LogP contribution in [0, 0.1) is 0 Å². The minimum atomic E-state index is -0.551. The number of benzene rings is 2. The smallest absolute Gasteiger partial charge is 0.243 e. The molecule has 1 aliphatic rings. The summed E-state index contributed by atoms with van der Waals surface area (Å²) >= 11 is 13.2. The maximum atomic E-state index is 12.1. The van der Waals surface area contributed by atoms with Crippen LogP contribution in [0.2, 0.25) is 10.0 Å². The lowest BCUT2D eigenvalue weighted by Crippen LogP contribution is -2.37. The maximum Gasteiger partial charge on any atom is 0.243 e. The van der Waals surface area contributed by atoms with Crippen molar-refractivity contribution >= 4 is 64.1 Å². The van der Waals surface area contributed by atoms with E-state index in [2.05, 4.69) is 16.0 Å². The Kier molecular flexibility index (Phi) is 6.26. The third-order valence-corrected chi connectivity index (χ3v) is 5.57. The van der Waals surface area contributed by atoms with Gasteiger partial charge in [0.25, 0.3) is 0 Å². The van der Waals surface area contributed by atoms with Crippen LogP contribution < -0.4 is 16.0 Å². The molecule has 1 heterocycles. The fourth-order valence-electron chi connectivity index (χ4n) is 2.43. The van der Waals surface area contributed by atoms with E-state index < -0.39 is 17.1 Å². The van der Waals surface area contributed by atoms with Gasteiger partial charge in [-0.05, 0) is 30.3 Å². The van der Waals surface area contributed by atoms with Crippen LogP contribution in [0.3, 0.4) is 0 Å². The van der Waals surface area contributed by atoms with E-state index in [1.807, 2.05) is 24.3 Å². The van der Waals surface area contributed by atoms with Crippen LogP contribution in [0.15, 0.2) is 47.4 Å². The first-order valence-corrected chi connectivity index (χ1v) is 9.64. The molecule has 2 aromatic carbocycles. The molecule has 0 saturated carbocycles. The van der Waals surface area contributed by atoms with Gasteiger partial charge in [-0.25, -0.2) is 0 Å². The Morgan fingerprint density at radius 2 is 1.89 bits per heavy atom. The zero-order valence-corrected chi connectivity index (χ0v) is 16.3. The third-order valence-electron chi connectivity index (χ3n) is 3.73. The molecule has 3 N–H and O–H groups in total. The van der Waals surface area contributed by atoms with E-state index in [1.165, 1.54) is 17.8 Å². The van der Waals surface area contributed by atoms with Crippen molar-refractivity contribution in [2.75, 3.05) is 17.2 Å². The lowest BCUT2D eigenvalue weighted by atomic mass is 10.2. The highest BCUT2D eigenvalue weighted by molar-refractivity contribution is 8.01. The van der Waals surface area contributed by atoms with Gasteiger partial charge in [-0.15, -0.1) is 11.8 Å². The van der Waals surface area contributed by atoms with Gasteiger partial charge < -0.3 is 16.0 Å². The number of para-hydroxylation sites is 1. The predicted molar refractivity (Wildman–Crippen MR) is 107 cm³/mol. The van der Waals surface area contributed by atoms with Gasteiger partial charge in [0, 0.05) is 16.3 Å². The van der Waals surface area contributed by atoms with Crippen molar-refractivity contribution in [1.29, 1.82) is 0 Å². The van der Waals surface area contributed by atoms with E-state index in [0.29, 0.717) is 15.7 Å². The number of nitrogens with one attached hydrogen (secondary N) is 3. The summed E-state index contributed by atoms with van der Waals surface area (Å²) in [6.07, 6.45) is -0.0317. The number of carbonyl (C=O) groups excluding carboxylic acids is 3. The normalized spacial score (nSPS) is 15.5. The number of hydrogen-bond donors (Lipinski definition) is 3. The number of thioether (sulfide) groups is 1. The summed E-state index contributed by atoms with van der Waals surface area (Å²) in [5.41, 5.74) is 1.10. The second-order valence-corrected chi connectivity index (χ2v) is 7.83. The van der Waals surface area contributed by atoms with Gasteiger partial charge in [-0.2, -0.15) is 0 Å². The molecular weight excluding hydrogens is 409 g/mol. The minimum Gasteiger partial charge on any atom is -0.347 e. The van der Waals surface area contributed by atoms with Gasteiger partial charge >= 0.3 is 0 Å². The first-order valence-electron chi connectivity index (χ1n) is 8.00. The molecule has 3 rings (SSSR count). The van der Waals surface area contributed by atoms with Crippen LogP contribution in [0.1, 0.15) is 6.42 Å². The zero-order valence-electron chi connectivity index (χ0n) is 13.9. The molecule has 0 aromatic heterocycles. The van der Waals surface area contributed by atoms with Gasteiger partial charge in [0.05, 0.1) is 28.2 Å². The molecule has 27 heavy (non-hydrogen) atoms. The molecular formula is C18H15Cl2N3O3S. The summed E-state index contributed by atoms with van der Waals surface area (Å²) in [6, 6.07) is 12.1. The number of anilines is 2. The van der Waals surface area contributed by atoms with E-state index in [4.69, 9.17) is 23.2 Å². The molecule has 0 spiro atoms. The van der Waals surface area contributed by atoms with Crippen molar-refractivity contribution in [2.24, 2.45) is 0 Å². The Labute approximate surface area is 170 Å².